The topological polar surface area (TPSA) is 159 Å². The Bertz CT molecular complexity index is 229. The Kier molecular flexibility index (Phi) is 14.4. The predicted octanol–water partition coefficient (Wildman–Crippen LogP) is 4.45. The van der Waals surface area contributed by atoms with Gasteiger partial charge >= 0.3 is 16.5 Å². The van der Waals surface area contributed by atoms with E-state index in [1.807, 2.05) is 0 Å². The number of hydrogen-bond donors (Lipinski definition) is 1. The Morgan fingerprint density at radius 3 is 1.00 bits per heavy atom. The van der Waals surface area contributed by atoms with Crippen LogP contribution in [0.25, 0.3) is 22.9 Å². The maximum absolute atomic E-state index is 8.36. The monoisotopic (exact) mass is 345 g/mol. The molecule has 2 aliphatic rings. The van der Waals surface area contributed by atoms with E-state index in [-0.39, 0.29) is 40.7 Å². The molecule has 0 radical (unpaired) electrons. The molecule has 4 unspecified atom stereocenters. The van der Waals surface area contributed by atoms with Crippen molar-refractivity contribution in [3.05, 3.63) is 33.0 Å². The zero-order valence-corrected chi connectivity index (χ0v) is 13.0. The molecular weight excluding hydrogens is 321 g/mol. The third-order valence-corrected chi connectivity index (χ3v) is 3.53. The van der Waals surface area contributed by atoms with Gasteiger partial charge in [0.15, 0.2) is 0 Å². The second kappa shape index (κ2) is 13.2. The van der Waals surface area contributed by atoms with Gasteiger partial charge in [-0.15, -0.1) is 10.1 Å². The summed E-state index contributed by atoms with van der Waals surface area (Å²) in [6, 6.07) is -0.319. The molecule has 0 aliphatic heterocycles. The standard InChI is InChI=1S/2C6H12N2.HNO3.Ni/c2*7-5-3-1-2-4-6(5)8;2-1(3)4;/h2*5-8H,1-4H2;(H,2,3,4);/q2*-2;;+2. The van der Waals surface area contributed by atoms with Crippen LogP contribution in [0.4, 0.5) is 0 Å². The van der Waals surface area contributed by atoms with Gasteiger partial charge in [0.05, 0.1) is 0 Å². The zero-order valence-electron chi connectivity index (χ0n) is 12.0. The van der Waals surface area contributed by atoms with Crippen LogP contribution < -0.4 is 0 Å². The summed E-state index contributed by atoms with van der Waals surface area (Å²) in [6.07, 6.45) is 8.49. The first kappa shape index (κ1) is 22.8. The minimum atomic E-state index is -1.50. The Morgan fingerprint density at radius 2 is 0.905 bits per heavy atom. The Hall–Kier alpha value is -0.466. The van der Waals surface area contributed by atoms with E-state index < -0.39 is 5.09 Å². The maximum atomic E-state index is 8.36. The fourth-order valence-electron chi connectivity index (χ4n) is 2.26. The molecule has 0 aromatic heterocycles. The van der Waals surface area contributed by atoms with Crippen molar-refractivity contribution in [3.8, 4) is 0 Å². The average Bonchev–Trinajstić information content (AvgIpc) is 2.37. The smallest absolute Gasteiger partial charge is 0.676 e. The molecule has 2 rings (SSSR count). The van der Waals surface area contributed by atoms with Crippen LogP contribution in [0.5, 0.6) is 0 Å². The molecule has 8 nitrogen and oxygen atoms in total. The van der Waals surface area contributed by atoms with Gasteiger partial charge in [-0.05, 0) is 0 Å². The quantitative estimate of drug-likeness (QED) is 0.390. The van der Waals surface area contributed by atoms with Crippen molar-refractivity contribution in [3.63, 3.8) is 0 Å². The maximum Gasteiger partial charge on any atom is 2.00 e. The minimum Gasteiger partial charge on any atom is -0.676 e. The summed E-state index contributed by atoms with van der Waals surface area (Å²) in [4.78, 5) is 8.36. The molecule has 0 aromatic carbocycles. The van der Waals surface area contributed by atoms with E-state index in [0.717, 1.165) is 25.7 Å². The van der Waals surface area contributed by atoms with Crippen molar-refractivity contribution < 1.29 is 26.8 Å². The van der Waals surface area contributed by atoms with Crippen molar-refractivity contribution in [1.29, 1.82) is 0 Å². The Balaban J connectivity index is 0. The Morgan fingerprint density at radius 1 is 0.762 bits per heavy atom. The molecule has 0 spiro atoms. The normalized spacial score (nSPS) is 31.4. The van der Waals surface area contributed by atoms with Crippen molar-refractivity contribution in [1.82, 2.24) is 0 Å². The number of nitrogens with zero attached hydrogens (tertiary/aromatic N) is 1. The summed E-state index contributed by atoms with van der Waals surface area (Å²) in [5.74, 6) is 0. The first-order chi connectivity index (χ1) is 9.34. The molecule has 5 N–H and O–H groups in total. The van der Waals surface area contributed by atoms with Gasteiger partial charge in [0, 0.05) is 0 Å². The summed E-state index contributed by atoms with van der Waals surface area (Å²) < 4.78 is 0. The first-order valence-electron chi connectivity index (χ1n) is 7.02. The van der Waals surface area contributed by atoms with Gasteiger partial charge in [0.2, 0.25) is 0 Å². The largest absolute Gasteiger partial charge is 2.00 e. The average molecular weight is 346 g/mol. The molecule has 21 heavy (non-hydrogen) atoms. The molecular formula is C12H25N5NiO3-2. The van der Waals surface area contributed by atoms with Crippen molar-refractivity contribution in [2.24, 2.45) is 0 Å². The number of nitrogens with one attached hydrogen (secondary N) is 4. The van der Waals surface area contributed by atoms with E-state index in [1.165, 1.54) is 25.7 Å². The summed E-state index contributed by atoms with van der Waals surface area (Å²) in [5, 5.41) is 13.6. The molecule has 9 heteroatoms. The summed E-state index contributed by atoms with van der Waals surface area (Å²) >= 11 is 0. The van der Waals surface area contributed by atoms with Crippen LogP contribution in [-0.2, 0) is 16.5 Å². The molecule has 2 saturated carbocycles. The molecule has 0 bridgehead atoms. The van der Waals surface area contributed by atoms with Crippen LogP contribution >= 0.6 is 0 Å². The van der Waals surface area contributed by atoms with Crippen molar-refractivity contribution in [2.75, 3.05) is 0 Å². The van der Waals surface area contributed by atoms with Crippen molar-refractivity contribution >= 4 is 0 Å². The number of hydrogen-bond acceptors (Lipinski definition) is 2. The fourth-order valence-corrected chi connectivity index (χ4v) is 2.26. The minimum absolute atomic E-state index is 0. The van der Waals surface area contributed by atoms with Crippen LogP contribution in [0.15, 0.2) is 0 Å². The first-order valence-corrected chi connectivity index (χ1v) is 7.02. The molecule has 0 aromatic rings. The fraction of sp³-hybridized carbons (Fsp3) is 1.00. The van der Waals surface area contributed by atoms with E-state index in [2.05, 4.69) is 0 Å². The van der Waals surface area contributed by atoms with E-state index >= 15 is 0 Å². The second-order valence-electron chi connectivity index (χ2n) is 5.23. The van der Waals surface area contributed by atoms with Crippen LogP contribution in [0.3, 0.4) is 0 Å². The predicted molar refractivity (Wildman–Crippen MR) is 78.2 cm³/mol. The third kappa shape index (κ3) is 13.0. The molecule has 128 valence electrons. The molecule has 2 aliphatic carbocycles. The van der Waals surface area contributed by atoms with Gasteiger partial charge in [0.1, 0.15) is 0 Å². The van der Waals surface area contributed by atoms with Gasteiger partial charge in [-0.2, -0.15) is 24.2 Å². The molecule has 0 saturated heterocycles. The molecule has 2 fully saturated rings. The second-order valence-corrected chi connectivity index (χ2v) is 5.23. The summed E-state index contributed by atoms with van der Waals surface area (Å²) in [5.41, 5.74) is 29.2. The van der Waals surface area contributed by atoms with Crippen molar-refractivity contribution in [2.45, 2.75) is 75.5 Å². The van der Waals surface area contributed by atoms with E-state index in [9.17, 15) is 0 Å². The molecule has 0 heterocycles. The number of rotatable bonds is 0. The van der Waals surface area contributed by atoms with E-state index in [1.54, 1.807) is 0 Å². The van der Waals surface area contributed by atoms with E-state index in [4.69, 9.17) is 38.3 Å². The zero-order chi connectivity index (χ0) is 15.5. The van der Waals surface area contributed by atoms with Gasteiger partial charge in [-0.25, -0.2) is 0 Å². The molecule has 4 atom stereocenters. The summed E-state index contributed by atoms with van der Waals surface area (Å²) in [7, 11) is 0. The SMILES string of the molecule is O=[N+]([O-])O.[NH-]C1CCCCC1[NH-].[NH-]C1CCCCC1[NH-].[Ni+2]. The summed E-state index contributed by atoms with van der Waals surface area (Å²) in [6.45, 7) is 0. The van der Waals surface area contributed by atoms with Gasteiger partial charge < -0.3 is 28.1 Å². The third-order valence-electron chi connectivity index (χ3n) is 3.53. The van der Waals surface area contributed by atoms with Crippen LogP contribution in [0.2, 0.25) is 0 Å². The molecule has 0 amide bonds. The van der Waals surface area contributed by atoms with Gasteiger partial charge in [-0.3, -0.25) is 0 Å². The Labute approximate surface area is 136 Å². The van der Waals surface area contributed by atoms with Crippen LogP contribution in [-0.4, -0.2) is 34.5 Å². The van der Waals surface area contributed by atoms with Gasteiger partial charge in [0.25, 0.3) is 5.09 Å². The van der Waals surface area contributed by atoms with Crippen LogP contribution in [0.1, 0.15) is 51.4 Å². The van der Waals surface area contributed by atoms with Gasteiger partial charge in [-0.1, -0.05) is 51.4 Å². The van der Waals surface area contributed by atoms with E-state index in [0.29, 0.717) is 0 Å². The van der Waals surface area contributed by atoms with Crippen LogP contribution in [0, 0.1) is 10.1 Å².